The van der Waals surface area contributed by atoms with Gasteiger partial charge in [0.1, 0.15) is 6.54 Å². The van der Waals surface area contributed by atoms with Crippen LogP contribution in [-0.4, -0.2) is 36.6 Å². The second-order valence-electron chi connectivity index (χ2n) is 4.94. The van der Waals surface area contributed by atoms with Crippen molar-refractivity contribution < 1.29 is 28.3 Å². The fourth-order valence-electron chi connectivity index (χ4n) is 2.26. The normalized spacial score (nSPS) is 13.1. The van der Waals surface area contributed by atoms with E-state index in [4.69, 9.17) is 9.15 Å². The van der Waals surface area contributed by atoms with Crippen LogP contribution in [0.2, 0.25) is 0 Å². The molecular weight excluding hydrogens is 382 g/mol. The van der Waals surface area contributed by atoms with Crippen LogP contribution in [0, 0.1) is 0 Å². The van der Waals surface area contributed by atoms with Gasteiger partial charge in [-0.05, 0) is 30.3 Å². The van der Waals surface area contributed by atoms with Crippen molar-refractivity contribution in [1.29, 1.82) is 0 Å². The SMILES string of the molecule is O=C(CN1C(=O)C(=O)c2cc(Br)ccc21)OCC(=O)c1ccco1. The minimum Gasteiger partial charge on any atom is -0.461 e. The van der Waals surface area contributed by atoms with Crippen molar-refractivity contribution in [3.05, 3.63) is 52.4 Å². The molecule has 0 radical (unpaired) electrons. The van der Waals surface area contributed by atoms with Crippen molar-refractivity contribution in [3.63, 3.8) is 0 Å². The number of ether oxygens (including phenoxy) is 1. The number of rotatable bonds is 5. The van der Waals surface area contributed by atoms with Crippen molar-refractivity contribution in [2.24, 2.45) is 0 Å². The first kappa shape index (κ1) is 16.1. The molecule has 0 N–H and O–H groups in total. The lowest BCUT2D eigenvalue weighted by molar-refractivity contribution is -0.141. The summed E-state index contributed by atoms with van der Waals surface area (Å²) in [6, 6.07) is 7.72. The minimum atomic E-state index is -0.808. The average Bonchev–Trinajstić information content (AvgIpc) is 3.17. The summed E-state index contributed by atoms with van der Waals surface area (Å²) in [5.41, 5.74) is 0.552. The summed E-state index contributed by atoms with van der Waals surface area (Å²) in [7, 11) is 0. The molecule has 1 aliphatic rings. The molecule has 0 atom stereocenters. The van der Waals surface area contributed by atoms with Gasteiger partial charge in [0, 0.05) is 4.47 Å². The summed E-state index contributed by atoms with van der Waals surface area (Å²) in [6.45, 7) is -0.958. The van der Waals surface area contributed by atoms with Crippen LogP contribution < -0.4 is 4.90 Å². The van der Waals surface area contributed by atoms with Crippen LogP contribution in [0.1, 0.15) is 20.9 Å². The first-order valence-electron chi connectivity index (χ1n) is 6.85. The highest BCUT2D eigenvalue weighted by atomic mass is 79.9. The second-order valence-corrected chi connectivity index (χ2v) is 5.86. The van der Waals surface area contributed by atoms with Crippen molar-refractivity contribution in [2.75, 3.05) is 18.1 Å². The van der Waals surface area contributed by atoms with E-state index in [1.807, 2.05) is 0 Å². The highest BCUT2D eigenvalue weighted by molar-refractivity contribution is 9.10. The Hall–Kier alpha value is -2.74. The monoisotopic (exact) mass is 391 g/mol. The topological polar surface area (TPSA) is 93.9 Å². The molecule has 3 rings (SSSR count). The number of fused-ring (bicyclic) bond motifs is 1. The molecular formula is C16H10BrNO6. The number of nitrogens with zero attached hydrogens (tertiary/aromatic N) is 1. The van der Waals surface area contributed by atoms with Crippen molar-refractivity contribution in [2.45, 2.75) is 0 Å². The van der Waals surface area contributed by atoms with E-state index in [-0.39, 0.29) is 11.3 Å². The molecule has 7 nitrogen and oxygen atoms in total. The number of ketones is 2. The molecule has 0 aliphatic carbocycles. The fourth-order valence-corrected chi connectivity index (χ4v) is 2.62. The molecule has 0 spiro atoms. The van der Waals surface area contributed by atoms with Gasteiger partial charge in [-0.15, -0.1) is 0 Å². The maximum Gasteiger partial charge on any atom is 0.326 e. The molecule has 0 saturated carbocycles. The summed E-state index contributed by atoms with van der Waals surface area (Å²) in [6.07, 6.45) is 1.33. The molecule has 0 unspecified atom stereocenters. The van der Waals surface area contributed by atoms with E-state index in [0.717, 1.165) is 4.90 Å². The quantitative estimate of drug-likeness (QED) is 0.439. The molecule has 1 aromatic heterocycles. The number of carbonyl (C=O) groups excluding carboxylic acids is 4. The fraction of sp³-hybridized carbons (Fsp3) is 0.125. The lowest BCUT2D eigenvalue weighted by atomic mass is 10.1. The third kappa shape index (κ3) is 3.00. The molecule has 8 heteroatoms. The van der Waals surface area contributed by atoms with Gasteiger partial charge in [0.2, 0.25) is 5.78 Å². The zero-order valence-electron chi connectivity index (χ0n) is 12.2. The van der Waals surface area contributed by atoms with Crippen LogP contribution in [0.15, 0.2) is 45.5 Å². The first-order valence-corrected chi connectivity index (χ1v) is 7.65. The Balaban J connectivity index is 1.66. The van der Waals surface area contributed by atoms with Gasteiger partial charge in [-0.3, -0.25) is 24.1 Å². The predicted molar refractivity (Wildman–Crippen MR) is 84.8 cm³/mol. The van der Waals surface area contributed by atoms with Crippen LogP contribution in [-0.2, 0) is 14.3 Å². The number of anilines is 1. The third-order valence-corrected chi connectivity index (χ3v) is 3.87. The van der Waals surface area contributed by atoms with Gasteiger partial charge in [0.05, 0.1) is 17.5 Å². The lowest BCUT2D eigenvalue weighted by Gasteiger charge is -2.15. The van der Waals surface area contributed by atoms with Gasteiger partial charge in [-0.1, -0.05) is 15.9 Å². The van der Waals surface area contributed by atoms with Crippen LogP contribution in [0.4, 0.5) is 5.69 Å². The van der Waals surface area contributed by atoms with E-state index < -0.39 is 36.6 Å². The molecule has 1 aliphatic heterocycles. The number of amides is 1. The summed E-state index contributed by atoms with van der Waals surface area (Å²) in [4.78, 5) is 48.5. The molecule has 0 saturated heterocycles. The highest BCUT2D eigenvalue weighted by Crippen LogP contribution is 2.31. The Morgan fingerprint density at radius 1 is 1.21 bits per heavy atom. The number of halogens is 1. The molecule has 122 valence electrons. The van der Waals surface area contributed by atoms with E-state index in [1.165, 1.54) is 18.4 Å². The summed E-state index contributed by atoms with van der Waals surface area (Å²) in [5, 5.41) is 0. The first-order chi connectivity index (χ1) is 11.5. The average molecular weight is 392 g/mol. The van der Waals surface area contributed by atoms with Crippen molar-refractivity contribution in [1.82, 2.24) is 0 Å². The maximum absolute atomic E-state index is 12.0. The minimum absolute atomic E-state index is 0.0745. The zero-order chi connectivity index (χ0) is 17.3. The van der Waals surface area contributed by atoms with Gasteiger partial charge in [-0.25, -0.2) is 0 Å². The largest absolute Gasteiger partial charge is 0.461 e. The number of furan rings is 1. The van der Waals surface area contributed by atoms with Crippen LogP contribution in [0.5, 0.6) is 0 Å². The number of Topliss-reactive ketones (excluding diaryl/α,β-unsaturated/α-hetero) is 2. The van der Waals surface area contributed by atoms with Gasteiger partial charge in [0.25, 0.3) is 11.7 Å². The highest BCUT2D eigenvalue weighted by Gasteiger charge is 2.37. The van der Waals surface area contributed by atoms with Crippen LogP contribution >= 0.6 is 15.9 Å². The van der Waals surface area contributed by atoms with E-state index in [2.05, 4.69) is 15.9 Å². The van der Waals surface area contributed by atoms with E-state index >= 15 is 0 Å². The number of carbonyl (C=O) groups is 4. The lowest BCUT2D eigenvalue weighted by Crippen LogP contribution is -2.36. The van der Waals surface area contributed by atoms with Crippen LogP contribution in [0.3, 0.4) is 0 Å². The number of hydrogen-bond acceptors (Lipinski definition) is 6. The summed E-state index contributed by atoms with van der Waals surface area (Å²) < 4.78 is 10.4. The maximum atomic E-state index is 12.0. The van der Waals surface area contributed by atoms with Gasteiger partial charge in [-0.2, -0.15) is 0 Å². The Kier molecular flexibility index (Phi) is 4.30. The molecule has 1 amide bonds. The van der Waals surface area contributed by atoms with Crippen LogP contribution in [0.25, 0.3) is 0 Å². The van der Waals surface area contributed by atoms with Gasteiger partial charge < -0.3 is 9.15 Å². The van der Waals surface area contributed by atoms with Crippen molar-refractivity contribution in [3.8, 4) is 0 Å². The molecule has 0 fully saturated rings. The Bertz CT molecular complexity index is 842. The zero-order valence-corrected chi connectivity index (χ0v) is 13.7. The predicted octanol–water partition coefficient (Wildman–Crippen LogP) is 2.00. The Labute approximate surface area is 144 Å². The van der Waals surface area contributed by atoms with Crippen molar-refractivity contribution >= 4 is 45.1 Å². The third-order valence-electron chi connectivity index (χ3n) is 3.38. The number of esters is 1. The van der Waals surface area contributed by atoms with E-state index in [0.29, 0.717) is 10.2 Å². The summed E-state index contributed by atoms with van der Waals surface area (Å²) >= 11 is 3.22. The van der Waals surface area contributed by atoms with E-state index in [9.17, 15) is 19.2 Å². The smallest absolute Gasteiger partial charge is 0.326 e. The Morgan fingerprint density at radius 2 is 2.00 bits per heavy atom. The molecule has 0 bridgehead atoms. The summed E-state index contributed by atoms with van der Waals surface area (Å²) in [5.74, 6) is -2.72. The second kappa shape index (κ2) is 6.40. The van der Waals surface area contributed by atoms with Gasteiger partial charge in [0.15, 0.2) is 12.4 Å². The van der Waals surface area contributed by atoms with E-state index in [1.54, 1.807) is 18.2 Å². The molecule has 24 heavy (non-hydrogen) atoms. The molecule has 2 heterocycles. The van der Waals surface area contributed by atoms with Gasteiger partial charge >= 0.3 is 5.97 Å². The number of hydrogen-bond donors (Lipinski definition) is 0. The molecule has 1 aromatic carbocycles. The standard InChI is InChI=1S/C16H10BrNO6/c17-9-3-4-11-10(6-9)15(21)16(22)18(11)7-14(20)24-8-12(19)13-2-1-5-23-13/h1-6H,7-8H2. The Morgan fingerprint density at radius 3 is 2.71 bits per heavy atom. The number of benzene rings is 1. The molecule has 2 aromatic rings.